The number of carbonyl (C=O) groups is 2. The van der Waals surface area contributed by atoms with Gasteiger partial charge in [0.05, 0.1) is 0 Å². The summed E-state index contributed by atoms with van der Waals surface area (Å²) in [6.45, 7) is 6.62. The van der Waals surface area contributed by atoms with Crippen molar-refractivity contribution in [2.45, 2.75) is 32.8 Å². The molecule has 5 heteroatoms. The molecular formula is C12H21NO4. The van der Waals surface area contributed by atoms with E-state index in [1.165, 1.54) is 7.11 Å². The number of likely N-dealkylation sites (tertiary alicyclic amines) is 1. The maximum absolute atomic E-state index is 11.7. The molecule has 1 aliphatic heterocycles. The third-order valence-corrected chi connectivity index (χ3v) is 2.58. The number of carbonyl (C=O) groups excluding carboxylic acids is 2. The van der Waals surface area contributed by atoms with Crippen molar-refractivity contribution in [2.24, 2.45) is 5.92 Å². The molecule has 1 atom stereocenters. The quantitative estimate of drug-likeness (QED) is 0.753. The number of amides is 1. The van der Waals surface area contributed by atoms with Crippen LogP contribution in [-0.4, -0.2) is 49.2 Å². The Bertz CT molecular complexity index is 295. The molecule has 5 nitrogen and oxygen atoms in total. The lowest BCUT2D eigenvalue weighted by atomic mass is 10.0. The van der Waals surface area contributed by atoms with Crippen LogP contribution in [0.25, 0.3) is 0 Å². The number of ketones is 1. The minimum atomic E-state index is -0.494. The van der Waals surface area contributed by atoms with Gasteiger partial charge in [0.1, 0.15) is 12.2 Å². The molecule has 98 valence electrons. The van der Waals surface area contributed by atoms with E-state index in [2.05, 4.69) is 0 Å². The van der Waals surface area contributed by atoms with E-state index < -0.39 is 5.60 Å². The Morgan fingerprint density at radius 1 is 1.35 bits per heavy atom. The Morgan fingerprint density at radius 3 is 2.53 bits per heavy atom. The number of rotatable bonds is 3. The van der Waals surface area contributed by atoms with Crippen molar-refractivity contribution < 1.29 is 19.1 Å². The molecular weight excluding hydrogens is 222 g/mol. The fourth-order valence-corrected chi connectivity index (χ4v) is 1.78. The molecule has 1 saturated heterocycles. The average molecular weight is 243 g/mol. The van der Waals surface area contributed by atoms with E-state index in [-0.39, 0.29) is 24.4 Å². The normalized spacial score (nSPS) is 20.5. The van der Waals surface area contributed by atoms with E-state index >= 15 is 0 Å². The molecule has 0 radical (unpaired) electrons. The molecule has 0 unspecified atom stereocenters. The summed E-state index contributed by atoms with van der Waals surface area (Å²) in [5.74, 6) is -0.0546. The van der Waals surface area contributed by atoms with Gasteiger partial charge < -0.3 is 14.4 Å². The second kappa shape index (κ2) is 5.49. The van der Waals surface area contributed by atoms with Gasteiger partial charge in [-0.2, -0.15) is 0 Å². The van der Waals surface area contributed by atoms with Gasteiger partial charge in [0.2, 0.25) is 0 Å². The first-order valence-corrected chi connectivity index (χ1v) is 5.83. The van der Waals surface area contributed by atoms with Crippen molar-refractivity contribution in [1.82, 2.24) is 4.90 Å². The lowest BCUT2D eigenvalue weighted by molar-refractivity contribution is -0.126. The Hall–Kier alpha value is -1.10. The van der Waals surface area contributed by atoms with Crippen molar-refractivity contribution >= 4 is 11.9 Å². The van der Waals surface area contributed by atoms with Crippen LogP contribution in [0.4, 0.5) is 4.79 Å². The van der Waals surface area contributed by atoms with E-state index in [9.17, 15) is 9.59 Å². The molecule has 0 saturated carbocycles. The zero-order chi connectivity index (χ0) is 13.1. The van der Waals surface area contributed by atoms with Crippen LogP contribution in [0.3, 0.4) is 0 Å². The standard InChI is InChI=1S/C12H21NO4/c1-12(2,3)17-11(15)13-6-5-9(7-13)10(14)8-16-4/h9H,5-8H2,1-4H3/t9-/m0/s1. The summed E-state index contributed by atoms with van der Waals surface area (Å²) >= 11 is 0. The van der Waals surface area contributed by atoms with Gasteiger partial charge >= 0.3 is 6.09 Å². The Morgan fingerprint density at radius 2 is 2.00 bits per heavy atom. The van der Waals surface area contributed by atoms with Gasteiger partial charge in [-0.05, 0) is 27.2 Å². The van der Waals surface area contributed by atoms with E-state index in [0.717, 1.165) is 0 Å². The van der Waals surface area contributed by atoms with Crippen LogP contribution >= 0.6 is 0 Å². The molecule has 1 fully saturated rings. The molecule has 1 heterocycles. The number of ether oxygens (including phenoxy) is 2. The lowest BCUT2D eigenvalue weighted by Crippen LogP contribution is -2.36. The number of Topliss-reactive ketones (excluding diaryl/α,β-unsaturated/α-hetero) is 1. The molecule has 1 amide bonds. The molecule has 0 aromatic rings. The van der Waals surface area contributed by atoms with Gasteiger partial charge in [0.15, 0.2) is 5.78 Å². The highest BCUT2D eigenvalue weighted by molar-refractivity contribution is 5.83. The van der Waals surface area contributed by atoms with Crippen LogP contribution < -0.4 is 0 Å². The largest absolute Gasteiger partial charge is 0.444 e. The summed E-state index contributed by atoms with van der Waals surface area (Å²) in [5, 5.41) is 0. The van der Waals surface area contributed by atoms with Crippen molar-refractivity contribution in [2.75, 3.05) is 26.8 Å². The zero-order valence-corrected chi connectivity index (χ0v) is 11.0. The van der Waals surface area contributed by atoms with Crippen LogP contribution in [-0.2, 0) is 14.3 Å². The summed E-state index contributed by atoms with van der Waals surface area (Å²) in [6.07, 6.45) is 0.353. The maximum Gasteiger partial charge on any atom is 0.410 e. The fraction of sp³-hybridized carbons (Fsp3) is 0.833. The Balaban J connectivity index is 2.45. The third kappa shape index (κ3) is 4.34. The summed E-state index contributed by atoms with van der Waals surface area (Å²) in [5.41, 5.74) is -0.494. The first-order chi connectivity index (χ1) is 7.83. The summed E-state index contributed by atoms with van der Waals surface area (Å²) < 4.78 is 10.1. The van der Waals surface area contributed by atoms with Crippen molar-refractivity contribution in [3.05, 3.63) is 0 Å². The fourth-order valence-electron chi connectivity index (χ4n) is 1.78. The zero-order valence-electron chi connectivity index (χ0n) is 11.0. The Kier molecular flexibility index (Phi) is 4.51. The van der Waals surface area contributed by atoms with Gasteiger partial charge in [-0.3, -0.25) is 4.79 Å². The van der Waals surface area contributed by atoms with E-state index in [1.54, 1.807) is 4.90 Å². The van der Waals surface area contributed by atoms with Crippen molar-refractivity contribution in [3.63, 3.8) is 0 Å². The minimum Gasteiger partial charge on any atom is -0.444 e. The highest BCUT2D eigenvalue weighted by Gasteiger charge is 2.32. The molecule has 0 aromatic heterocycles. The topological polar surface area (TPSA) is 55.8 Å². The van der Waals surface area contributed by atoms with Crippen LogP contribution in [0.2, 0.25) is 0 Å². The van der Waals surface area contributed by atoms with Gasteiger partial charge in [-0.25, -0.2) is 4.79 Å². The summed E-state index contributed by atoms with van der Waals surface area (Å²) in [7, 11) is 1.50. The second-order valence-electron chi connectivity index (χ2n) is 5.31. The van der Waals surface area contributed by atoms with E-state index in [0.29, 0.717) is 19.5 Å². The number of nitrogens with zero attached hydrogens (tertiary/aromatic N) is 1. The molecule has 0 N–H and O–H groups in total. The minimum absolute atomic E-state index is 0.0542. The maximum atomic E-state index is 11.7. The van der Waals surface area contributed by atoms with Crippen LogP contribution in [0.5, 0.6) is 0 Å². The molecule has 0 aromatic carbocycles. The van der Waals surface area contributed by atoms with Gasteiger partial charge in [-0.15, -0.1) is 0 Å². The van der Waals surface area contributed by atoms with Gasteiger partial charge in [0.25, 0.3) is 0 Å². The van der Waals surface area contributed by atoms with Crippen LogP contribution in [0.15, 0.2) is 0 Å². The van der Waals surface area contributed by atoms with Crippen LogP contribution in [0, 0.1) is 5.92 Å². The molecule has 17 heavy (non-hydrogen) atoms. The summed E-state index contributed by atoms with van der Waals surface area (Å²) in [4.78, 5) is 24.9. The van der Waals surface area contributed by atoms with Crippen LogP contribution in [0.1, 0.15) is 27.2 Å². The van der Waals surface area contributed by atoms with Gasteiger partial charge in [-0.1, -0.05) is 0 Å². The molecule has 1 aliphatic rings. The molecule has 0 aliphatic carbocycles. The van der Waals surface area contributed by atoms with Crippen molar-refractivity contribution in [3.8, 4) is 0 Å². The summed E-state index contributed by atoms with van der Waals surface area (Å²) in [6, 6.07) is 0. The highest BCUT2D eigenvalue weighted by Crippen LogP contribution is 2.20. The van der Waals surface area contributed by atoms with Gasteiger partial charge in [0, 0.05) is 26.1 Å². The first-order valence-electron chi connectivity index (χ1n) is 5.83. The predicted molar refractivity (Wildman–Crippen MR) is 62.8 cm³/mol. The molecule has 0 bridgehead atoms. The highest BCUT2D eigenvalue weighted by atomic mass is 16.6. The lowest BCUT2D eigenvalue weighted by Gasteiger charge is -2.24. The van der Waals surface area contributed by atoms with Crippen molar-refractivity contribution in [1.29, 1.82) is 0 Å². The smallest absolute Gasteiger partial charge is 0.410 e. The monoisotopic (exact) mass is 243 g/mol. The molecule has 0 spiro atoms. The SMILES string of the molecule is COCC(=O)[C@H]1CCN(C(=O)OC(C)(C)C)C1. The second-order valence-corrected chi connectivity index (χ2v) is 5.31. The third-order valence-electron chi connectivity index (χ3n) is 2.58. The Labute approximate surface area is 102 Å². The molecule has 1 rings (SSSR count). The number of methoxy groups -OCH3 is 1. The number of hydrogen-bond acceptors (Lipinski definition) is 4. The van der Waals surface area contributed by atoms with E-state index in [4.69, 9.17) is 9.47 Å². The number of hydrogen-bond donors (Lipinski definition) is 0. The average Bonchev–Trinajstić information content (AvgIpc) is 2.63. The van der Waals surface area contributed by atoms with E-state index in [1.807, 2.05) is 20.8 Å². The first kappa shape index (κ1) is 14.0. The predicted octanol–water partition coefficient (Wildman–Crippen LogP) is 1.46.